The van der Waals surface area contributed by atoms with Gasteiger partial charge in [-0.25, -0.2) is 9.97 Å². The fourth-order valence-corrected chi connectivity index (χ4v) is 4.19. The lowest BCUT2D eigenvalue weighted by atomic mass is 9.99. The summed E-state index contributed by atoms with van der Waals surface area (Å²) in [5.74, 6) is 2.91. The summed E-state index contributed by atoms with van der Waals surface area (Å²) in [6.45, 7) is 8.16. The van der Waals surface area contributed by atoms with Crippen molar-refractivity contribution in [3.05, 3.63) is 42.1 Å². The maximum absolute atomic E-state index is 13.2. The number of rotatable bonds is 3. The van der Waals surface area contributed by atoms with E-state index in [4.69, 9.17) is 4.98 Å². The van der Waals surface area contributed by atoms with Gasteiger partial charge < -0.3 is 9.80 Å². The molecule has 2 aliphatic heterocycles. The van der Waals surface area contributed by atoms with Crippen LogP contribution in [0.2, 0.25) is 0 Å². The highest BCUT2D eigenvalue weighted by molar-refractivity contribution is 5.93. The standard InChI is InChI=1S/C23H30N4O/c1-17-10-13-26(14-11-17)23(28)20-15-21(27-12-6-7-18(2)16-27)25-22(24-20)19-8-4-3-5-9-19/h3-5,8-9,15,17-18H,6-7,10-14,16H2,1-2H3. The Balaban J connectivity index is 1.68. The third-order valence-corrected chi connectivity index (χ3v) is 6.02. The second-order valence-corrected chi connectivity index (χ2v) is 8.47. The fraction of sp³-hybridized carbons (Fsp3) is 0.522. The average molecular weight is 379 g/mol. The molecular formula is C23H30N4O. The molecule has 28 heavy (non-hydrogen) atoms. The number of benzene rings is 1. The van der Waals surface area contributed by atoms with Crippen LogP contribution in [0, 0.1) is 11.8 Å². The molecule has 0 saturated carbocycles. The van der Waals surface area contributed by atoms with Crippen LogP contribution >= 0.6 is 0 Å². The number of aromatic nitrogens is 2. The van der Waals surface area contributed by atoms with Gasteiger partial charge in [0.1, 0.15) is 11.5 Å². The molecule has 1 amide bonds. The van der Waals surface area contributed by atoms with Gasteiger partial charge >= 0.3 is 0 Å². The van der Waals surface area contributed by atoms with Gasteiger partial charge in [0.05, 0.1) is 0 Å². The molecule has 2 aliphatic rings. The van der Waals surface area contributed by atoms with Gasteiger partial charge in [-0.15, -0.1) is 0 Å². The quantitative estimate of drug-likeness (QED) is 0.801. The molecule has 0 aliphatic carbocycles. The first-order chi connectivity index (χ1) is 13.6. The number of carbonyl (C=O) groups excluding carboxylic acids is 1. The Labute approximate surface area is 167 Å². The summed E-state index contributed by atoms with van der Waals surface area (Å²) in [5, 5.41) is 0. The van der Waals surface area contributed by atoms with E-state index in [1.165, 1.54) is 12.8 Å². The Bertz CT molecular complexity index is 815. The van der Waals surface area contributed by atoms with E-state index in [0.29, 0.717) is 23.4 Å². The summed E-state index contributed by atoms with van der Waals surface area (Å²) in [5.41, 5.74) is 1.48. The molecule has 2 fully saturated rings. The van der Waals surface area contributed by atoms with Gasteiger partial charge in [0, 0.05) is 37.8 Å². The topological polar surface area (TPSA) is 49.3 Å². The van der Waals surface area contributed by atoms with Crippen LogP contribution in [0.1, 0.15) is 50.0 Å². The maximum atomic E-state index is 13.2. The SMILES string of the molecule is CC1CCN(C(=O)c2cc(N3CCCC(C)C3)nc(-c3ccccc3)n2)CC1. The second-order valence-electron chi connectivity index (χ2n) is 8.47. The second kappa shape index (κ2) is 8.29. The lowest BCUT2D eigenvalue weighted by Crippen LogP contribution is -2.39. The Morgan fingerprint density at radius 3 is 2.43 bits per heavy atom. The Morgan fingerprint density at radius 1 is 0.964 bits per heavy atom. The molecule has 0 spiro atoms. The van der Waals surface area contributed by atoms with Crippen LogP contribution in [-0.4, -0.2) is 47.0 Å². The molecule has 2 saturated heterocycles. The monoisotopic (exact) mass is 378 g/mol. The van der Waals surface area contributed by atoms with Crippen LogP contribution < -0.4 is 4.90 Å². The van der Waals surface area contributed by atoms with E-state index in [9.17, 15) is 4.79 Å². The van der Waals surface area contributed by atoms with Crippen molar-refractivity contribution < 1.29 is 4.79 Å². The molecular weight excluding hydrogens is 348 g/mol. The highest BCUT2D eigenvalue weighted by Crippen LogP contribution is 2.26. The summed E-state index contributed by atoms with van der Waals surface area (Å²) in [4.78, 5) is 27.0. The molecule has 0 N–H and O–H groups in total. The summed E-state index contributed by atoms with van der Waals surface area (Å²) >= 11 is 0. The molecule has 1 aromatic carbocycles. The predicted molar refractivity (Wildman–Crippen MR) is 112 cm³/mol. The molecule has 1 unspecified atom stereocenters. The molecule has 1 aromatic heterocycles. The molecule has 3 heterocycles. The van der Waals surface area contributed by atoms with Crippen LogP contribution in [-0.2, 0) is 0 Å². The van der Waals surface area contributed by atoms with Crippen LogP contribution in [0.25, 0.3) is 11.4 Å². The molecule has 0 bridgehead atoms. The lowest BCUT2D eigenvalue weighted by molar-refractivity contribution is 0.0691. The van der Waals surface area contributed by atoms with Crippen molar-refractivity contribution in [3.63, 3.8) is 0 Å². The number of nitrogens with zero attached hydrogens (tertiary/aromatic N) is 4. The first-order valence-corrected chi connectivity index (χ1v) is 10.6. The van der Waals surface area contributed by atoms with E-state index in [1.54, 1.807) is 0 Å². The molecule has 5 heteroatoms. The minimum Gasteiger partial charge on any atom is -0.356 e. The molecule has 148 valence electrons. The smallest absolute Gasteiger partial charge is 0.272 e. The van der Waals surface area contributed by atoms with E-state index in [-0.39, 0.29) is 5.91 Å². The third-order valence-electron chi connectivity index (χ3n) is 6.02. The van der Waals surface area contributed by atoms with Crippen molar-refractivity contribution >= 4 is 11.7 Å². The number of anilines is 1. The van der Waals surface area contributed by atoms with Crippen molar-refractivity contribution in [2.75, 3.05) is 31.1 Å². The van der Waals surface area contributed by atoms with Crippen molar-refractivity contribution in [1.29, 1.82) is 0 Å². The zero-order chi connectivity index (χ0) is 19.5. The van der Waals surface area contributed by atoms with Gasteiger partial charge in [0.15, 0.2) is 5.82 Å². The van der Waals surface area contributed by atoms with Crippen molar-refractivity contribution in [2.24, 2.45) is 11.8 Å². The molecule has 1 atom stereocenters. The van der Waals surface area contributed by atoms with E-state index in [1.807, 2.05) is 41.3 Å². The van der Waals surface area contributed by atoms with E-state index in [2.05, 4.69) is 23.7 Å². The first kappa shape index (κ1) is 18.9. The molecule has 5 nitrogen and oxygen atoms in total. The van der Waals surface area contributed by atoms with Gasteiger partial charge in [-0.05, 0) is 37.5 Å². The van der Waals surface area contributed by atoms with Crippen LogP contribution in [0.4, 0.5) is 5.82 Å². The van der Waals surface area contributed by atoms with E-state index >= 15 is 0 Å². The Kier molecular flexibility index (Phi) is 5.60. The van der Waals surface area contributed by atoms with Gasteiger partial charge in [-0.3, -0.25) is 4.79 Å². The first-order valence-electron chi connectivity index (χ1n) is 10.6. The van der Waals surface area contributed by atoms with Gasteiger partial charge in [0.2, 0.25) is 0 Å². The highest BCUT2D eigenvalue weighted by atomic mass is 16.2. The van der Waals surface area contributed by atoms with Crippen LogP contribution in [0.5, 0.6) is 0 Å². The average Bonchev–Trinajstić information content (AvgIpc) is 2.74. The minimum absolute atomic E-state index is 0.0396. The zero-order valence-electron chi connectivity index (χ0n) is 17.0. The molecule has 4 rings (SSSR count). The zero-order valence-corrected chi connectivity index (χ0v) is 17.0. The number of hydrogen-bond acceptors (Lipinski definition) is 4. The normalized spacial score (nSPS) is 21.0. The van der Waals surface area contributed by atoms with Crippen LogP contribution in [0.3, 0.4) is 0 Å². The van der Waals surface area contributed by atoms with Gasteiger partial charge in [-0.2, -0.15) is 0 Å². The summed E-state index contributed by atoms with van der Waals surface area (Å²) in [6, 6.07) is 11.9. The fourth-order valence-electron chi connectivity index (χ4n) is 4.19. The Hall–Kier alpha value is -2.43. The van der Waals surface area contributed by atoms with E-state index < -0.39 is 0 Å². The predicted octanol–water partition coefficient (Wildman–Crippen LogP) is 4.25. The molecule has 0 radical (unpaired) electrons. The number of carbonyl (C=O) groups is 1. The summed E-state index contributed by atoms with van der Waals surface area (Å²) in [6.07, 6.45) is 4.56. The number of piperidine rings is 2. The number of hydrogen-bond donors (Lipinski definition) is 0. The van der Waals surface area contributed by atoms with Crippen molar-refractivity contribution in [3.8, 4) is 11.4 Å². The largest absolute Gasteiger partial charge is 0.356 e. The molecule has 2 aromatic rings. The van der Waals surface area contributed by atoms with Gasteiger partial charge in [-0.1, -0.05) is 44.2 Å². The summed E-state index contributed by atoms with van der Waals surface area (Å²) < 4.78 is 0. The maximum Gasteiger partial charge on any atom is 0.272 e. The van der Waals surface area contributed by atoms with Crippen molar-refractivity contribution in [1.82, 2.24) is 14.9 Å². The van der Waals surface area contributed by atoms with Gasteiger partial charge in [0.25, 0.3) is 5.91 Å². The number of likely N-dealkylation sites (tertiary alicyclic amines) is 1. The van der Waals surface area contributed by atoms with E-state index in [0.717, 1.165) is 50.4 Å². The summed E-state index contributed by atoms with van der Waals surface area (Å²) in [7, 11) is 0. The minimum atomic E-state index is 0.0396. The van der Waals surface area contributed by atoms with Crippen LogP contribution in [0.15, 0.2) is 36.4 Å². The van der Waals surface area contributed by atoms with Crippen molar-refractivity contribution in [2.45, 2.75) is 39.5 Å². The Morgan fingerprint density at radius 2 is 1.71 bits per heavy atom. The third kappa shape index (κ3) is 4.18. The lowest BCUT2D eigenvalue weighted by Gasteiger charge is -2.33. The highest BCUT2D eigenvalue weighted by Gasteiger charge is 2.25. The number of amides is 1.